The lowest BCUT2D eigenvalue weighted by Crippen LogP contribution is -2.54. The first kappa shape index (κ1) is 25.5. The molecule has 2 N–H and O–H groups in total. The van der Waals surface area contributed by atoms with E-state index in [1.807, 2.05) is 6.07 Å². The van der Waals surface area contributed by atoms with Crippen LogP contribution in [0.25, 0.3) is 5.65 Å². The summed E-state index contributed by atoms with van der Waals surface area (Å²) in [5.74, 6) is -2.10. The Labute approximate surface area is 229 Å². The molecule has 2 atom stereocenters. The van der Waals surface area contributed by atoms with Crippen LogP contribution in [0.1, 0.15) is 104 Å². The summed E-state index contributed by atoms with van der Waals surface area (Å²) in [5, 5.41) is 18.2. The van der Waals surface area contributed by atoms with Gasteiger partial charge in [0, 0.05) is 19.3 Å². The molecule has 0 aromatic carbocycles. The molecule has 0 aliphatic heterocycles. The molecule has 12 heteroatoms. The third-order valence-corrected chi connectivity index (χ3v) is 9.54. The highest BCUT2D eigenvalue weighted by Gasteiger charge is 2.57. The number of nitrogens with zero attached hydrogens (tertiary/aromatic N) is 5. The molecule has 8 rings (SSSR count). The zero-order chi connectivity index (χ0) is 27.6. The Kier molecular flexibility index (Phi) is 5.94. The minimum absolute atomic E-state index is 0.0530. The first-order valence-corrected chi connectivity index (χ1v) is 14.3. The monoisotopic (exact) mass is 553 g/mol. The highest BCUT2D eigenvalue weighted by molar-refractivity contribution is 5.93. The van der Waals surface area contributed by atoms with Gasteiger partial charge in [-0.1, -0.05) is 5.16 Å². The molecule has 2 amide bonds. The van der Waals surface area contributed by atoms with E-state index in [9.17, 15) is 18.4 Å². The number of carbonyl (C=O) groups excluding carboxylic acids is 2. The van der Waals surface area contributed by atoms with Crippen molar-refractivity contribution < 1.29 is 23.0 Å². The number of hydrogen-bond acceptors (Lipinski definition) is 7. The number of rotatable bonds is 9. The molecule has 5 fully saturated rings. The molecule has 0 saturated heterocycles. The third kappa shape index (κ3) is 4.75. The molecule has 2 bridgehead atoms. The van der Waals surface area contributed by atoms with Crippen molar-refractivity contribution >= 4 is 17.5 Å². The molecule has 0 spiro atoms. The van der Waals surface area contributed by atoms with E-state index < -0.39 is 17.9 Å². The van der Waals surface area contributed by atoms with Crippen LogP contribution in [0, 0.1) is 30.1 Å². The largest absolute Gasteiger partial charge is 0.349 e. The molecule has 40 heavy (non-hydrogen) atoms. The van der Waals surface area contributed by atoms with E-state index in [0.29, 0.717) is 29.4 Å². The molecule has 0 unspecified atom stereocenters. The van der Waals surface area contributed by atoms with E-state index >= 15 is 0 Å². The van der Waals surface area contributed by atoms with Gasteiger partial charge in [0.15, 0.2) is 11.3 Å². The van der Waals surface area contributed by atoms with Crippen LogP contribution >= 0.6 is 0 Å². The van der Waals surface area contributed by atoms with Crippen LogP contribution in [0.2, 0.25) is 0 Å². The Morgan fingerprint density at radius 2 is 1.80 bits per heavy atom. The predicted octanol–water partition coefficient (Wildman–Crippen LogP) is 4.47. The topological polar surface area (TPSA) is 127 Å². The zero-order valence-electron chi connectivity index (χ0n) is 22.4. The number of halogens is 2. The summed E-state index contributed by atoms with van der Waals surface area (Å²) in [5.41, 5.74) is 2.66. The fourth-order valence-electron chi connectivity index (χ4n) is 7.05. The number of aromatic nitrogens is 5. The van der Waals surface area contributed by atoms with Gasteiger partial charge >= 0.3 is 0 Å². The Morgan fingerprint density at radius 3 is 2.42 bits per heavy atom. The SMILES string of the molecule is Cc1nonc1C(=O)N[C@H](c1cn2ncc([C@H](NC(=O)CC34CC(C3)C4)C3CC3)cc2n1)C1CCC(F)(F)CC1. The van der Waals surface area contributed by atoms with Gasteiger partial charge in [0.1, 0.15) is 5.69 Å². The lowest BCUT2D eigenvalue weighted by atomic mass is 9.43. The smallest absolute Gasteiger partial charge is 0.276 e. The lowest BCUT2D eigenvalue weighted by Gasteiger charge is -2.61. The molecular weight excluding hydrogens is 520 g/mol. The number of imidazole rings is 1. The third-order valence-electron chi connectivity index (χ3n) is 9.54. The summed E-state index contributed by atoms with van der Waals surface area (Å²) in [7, 11) is 0. The van der Waals surface area contributed by atoms with Gasteiger partial charge in [-0.25, -0.2) is 22.9 Å². The van der Waals surface area contributed by atoms with Crippen LogP contribution in [0.3, 0.4) is 0 Å². The number of carbonyl (C=O) groups is 2. The van der Waals surface area contributed by atoms with Gasteiger partial charge in [-0.2, -0.15) is 5.10 Å². The van der Waals surface area contributed by atoms with Gasteiger partial charge in [-0.05, 0) is 91.8 Å². The molecule has 3 aromatic heterocycles. The van der Waals surface area contributed by atoms with Crippen molar-refractivity contribution in [3.05, 3.63) is 41.1 Å². The van der Waals surface area contributed by atoms with Gasteiger partial charge in [0.05, 0.1) is 30.2 Å². The summed E-state index contributed by atoms with van der Waals surface area (Å²) >= 11 is 0. The summed E-state index contributed by atoms with van der Waals surface area (Å²) in [6.45, 7) is 1.61. The molecule has 212 valence electrons. The zero-order valence-corrected chi connectivity index (χ0v) is 22.4. The first-order valence-electron chi connectivity index (χ1n) is 14.3. The van der Waals surface area contributed by atoms with Crippen molar-refractivity contribution in [3.8, 4) is 0 Å². The Bertz CT molecular complexity index is 1440. The summed E-state index contributed by atoms with van der Waals surface area (Å²) in [4.78, 5) is 30.8. The normalized spacial score (nSPS) is 26.9. The average molecular weight is 554 g/mol. The van der Waals surface area contributed by atoms with E-state index in [-0.39, 0.29) is 54.7 Å². The molecular formula is C28H33F2N7O3. The maximum Gasteiger partial charge on any atom is 0.276 e. The Balaban J connectivity index is 1.14. The molecule has 5 aliphatic carbocycles. The number of hydrogen-bond donors (Lipinski definition) is 2. The Morgan fingerprint density at radius 1 is 1.07 bits per heavy atom. The molecule has 3 aromatic rings. The summed E-state index contributed by atoms with van der Waals surface area (Å²) in [6.07, 6.45) is 9.77. The second kappa shape index (κ2) is 9.31. The van der Waals surface area contributed by atoms with Gasteiger partial charge in [0.2, 0.25) is 11.8 Å². The number of nitrogens with one attached hydrogen (secondary N) is 2. The maximum atomic E-state index is 14.0. The lowest BCUT2D eigenvalue weighted by molar-refractivity contribution is -0.145. The minimum atomic E-state index is -2.70. The van der Waals surface area contributed by atoms with Crippen molar-refractivity contribution in [1.29, 1.82) is 0 Å². The van der Waals surface area contributed by atoms with E-state index in [1.165, 1.54) is 19.3 Å². The second-order valence-corrected chi connectivity index (χ2v) is 12.6. The average Bonchev–Trinajstić information content (AvgIpc) is 3.48. The van der Waals surface area contributed by atoms with E-state index in [1.54, 1.807) is 23.8 Å². The van der Waals surface area contributed by atoms with Crippen molar-refractivity contribution in [3.63, 3.8) is 0 Å². The fourth-order valence-corrected chi connectivity index (χ4v) is 7.05. The number of fused-ring (bicyclic) bond motifs is 1. The van der Waals surface area contributed by atoms with Crippen molar-refractivity contribution in [2.75, 3.05) is 0 Å². The minimum Gasteiger partial charge on any atom is -0.349 e. The number of aryl methyl sites for hydroxylation is 1. The Hall–Kier alpha value is -3.44. The van der Waals surface area contributed by atoms with E-state index in [4.69, 9.17) is 4.98 Å². The molecule has 10 nitrogen and oxygen atoms in total. The standard InChI is InChI=1S/C28H33F2N7O3/c1-15-23(36-40-35-15)26(39)34-25(18-4-6-28(29,30)7-5-18)20-14-37-21(32-20)8-19(13-31-37)24(17-2-3-17)33-22(38)12-27-9-16(10-27)11-27/h8,13-14,16-18,24-25H,2-7,9-12H2,1H3,(H,33,38)(H,34,39)/t16?,24-,25+,27?/m1/s1. The van der Waals surface area contributed by atoms with E-state index in [2.05, 4.69) is 30.7 Å². The predicted molar refractivity (Wildman–Crippen MR) is 137 cm³/mol. The van der Waals surface area contributed by atoms with Gasteiger partial charge < -0.3 is 10.6 Å². The number of amides is 2. The van der Waals surface area contributed by atoms with Crippen LogP contribution in [-0.2, 0) is 4.79 Å². The maximum absolute atomic E-state index is 14.0. The van der Waals surface area contributed by atoms with Crippen molar-refractivity contribution in [2.45, 2.75) is 89.1 Å². The van der Waals surface area contributed by atoms with Gasteiger partial charge in [-0.3, -0.25) is 9.59 Å². The fraction of sp³-hybridized carbons (Fsp3) is 0.643. The van der Waals surface area contributed by atoms with Crippen LogP contribution in [-0.4, -0.2) is 42.6 Å². The van der Waals surface area contributed by atoms with Crippen molar-refractivity contribution in [1.82, 2.24) is 35.5 Å². The highest BCUT2D eigenvalue weighted by Crippen LogP contribution is 2.66. The van der Waals surface area contributed by atoms with Crippen LogP contribution in [0.5, 0.6) is 0 Å². The van der Waals surface area contributed by atoms with Crippen molar-refractivity contribution in [2.24, 2.45) is 23.2 Å². The van der Waals surface area contributed by atoms with Gasteiger partial charge in [0.25, 0.3) is 5.91 Å². The quantitative estimate of drug-likeness (QED) is 0.400. The molecule has 5 aliphatic rings. The number of alkyl halides is 2. The first-order chi connectivity index (χ1) is 19.2. The highest BCUT2D eigenvalue weighted by atomic mass is 19.3. The molecule has 0 radical (unpaired) electrons. The second-order valence-electron chi connectivity index (χ2n) is 12.6. The summed E-state index contributed by atoms with van der Waals surface area (Å²) in [6, 6.07) is 1.20. The van der Waals surface area contributed by atoms with Crippen LogP contribution in [0.4, 0.5) is 8.78 Å². The van der Waals surface area contributed by atoms with Crippen LogP contribution in [0.15, 0.2) is 23.1 Å². The van der Waals surface area contributed by atoms with Crippen LogP contribution < -0.4 is 10.6 Å². The van der Waals surface area contributed by atoms with Gasteiger partial charge in [-0.15, -0.1) is 0 Å². The molecule has 5 saturated carbocycles. The molecule has 3 heterocycles. The van der Waals surface area contributed by atoms with E-state index in [0.717, 1.165) is 24.3 Å². The summed E-state index contributed by atoms with van der Waals surface area (Å²) < 4.78 is 34.3.